The minimum absolute atomic E-state index is 0.141. The predicted molar refractivity (Wildman–Crippen MR) is 107 cm³/mol. The van der Waals surface area contributed by atoms with Gasteiger partial charge in [-0.2, -0.15) is 0 Å². The van der Waals surface area contributed by atoms with E-state index in [0.29, 0.717) is 24.6 Å². The summed E-state index contributed by atoms with van der Waals surface area (Å²) in [6.45, 7) is 1.13. The highest BCUT2D eigenvalue weighted by Crippen LogP contribution is 2.46. The molecule has 1 aliphatic heterocycles. The molecule has 0 bridgehead atoms. The third-order valence-electron chi connectivity index (χ3n) is 5.18. The molecule has 1 aliphatic carbocycles. The van der Waals surface area contributed by atoms with Gasteiger partial charge in [-0.3, -0.25) is 0 Å². The van der Waals surface area contributed by atoms with Crippen LogP contribution in [0.5, 0.6) is 11.5 Å². The van der Waals surface area contributed by atoms with Gasteiger partial charge in [0.15, 0.2) is 16.6 Å². The summed E-state index contributed by atoms with van der Waals surface area (Å²) in [5.41, 5.74) is 4.23. The highest BCUT2D eigenvalue weighted by atomic mass is 35.5. The number of thiocarbonyl (C=S) groups is 1. The van der Waals surface area contributed by atoms with Crippen molar-refractivity contribution in [1.29, 1.82) is 0 Å². The van der Waals surface area contributed by atoms with Crippen LogP contribution in [0.4, 0.5) is 0 Å². The molecule has 0 saturated carbocycles. The Morgan fingerprint density at radius 1 is 1.04 bits per heavy atom. The van der Waals surface area contributed by atoms with E-state index in [1.807, 2.05) is 4.90 Å². The molecule has 7 heteroatoms. The summed E-state index contributed by atoms with van der Waals surface area (Å²) in [5, 5.41) is 24.3. The Morgan fingerprint density at radius 3 is 2.23 bits per heavy atom. The highest BCUT2D eigenvalue weighted by molar-refractivity contribution is 7.80. The zero-order valence-corrected chi connectivity index (χ0v) is 16.3. The molecule has 136 valence electrons. The Kier molecular flexibility index (Phi) is 4.63. The second kappa shape index (κ2) is 6.80. The number of rotatable bonds is 1. The lowest BCUT2D eigenvalue weighted by atomic mass is 9.98. The topological polar surface area (TPSA) is 55.7 Å². The fourth-order valence-corrected chi connectivity index (χ4v) is 4.68. The molecule has 1 heterocycles. The molecule has 0 aromatic heterocycles. The molecule has 4 rings (SSSR count). The van der Waals surface area contributed by atoms with E-state index in [4.69, 9.17) is 35.4 Å². The van der Waals surface area contributed by atoms with E-state index in [1.54, 1.807) is 0 Å². The average molecular weight is 409 g/mol. The first kappa shape index (κ1) is 17.7. The standard InChI is InChI=1S/C19H18Cl2N2O2S/c20-15-13-5-6-23(9-14(13)16(21)18(25)17(15)24)19(26)22-12-7-10-3-1-2-4-11(10)8-12/h1-4,12,24-25H,5-9H2,(H,22,26). The van der Waals surface area contributed by atoms with E-state index in [1.165, 1.54) is 11.1 Å². The van der Waals surface area contributed by atoms with Crippen LogP contribution in [0.15, 0.2) is 24.3 Å². The minimum atomic E-state index is -0.373. The fraction of sp³-hybridized carbons (Fsp3) is 0.316. The first-order chi connectivity index (χ1) is 12.5. The zero-order chi connectivity index (χ0) is 18.4. The van der Waals surface area contributed by atoms with E-state index >= 15 is 0 Å². The van der Waals surface area contributed by atoms with E-state index < -0.39 is 0 Å². The van der Waals surface area contributed by atoms with Crippen molar-refractivity contribution in [2.75, 3.05) is 6.54 Å². The molecule has 0 unspecified atom stereocenters. The lowest BCUT2D eigenvalue weighted by Crippen LogP contribution is -2.46. The van der Waals surface area contributed by atoms with E-state index in [2.05, 4.69) is 29.6 Å². The molecular weight excluding hydrogens is 391 g/mol. The maximum absolute atomic E-state index is 9.96. The molecule has 4 nitrogen and oxygen atoms in total. The highest BCUT2D eigenvalue weighted by Gasteiger charge is 2.29. The van der Waals surface area contributed by atoms with Crippen molar-refractivity contribution in [3.63, 3.8) is 0 Å². The number of fused-ring (bicyclic) bond motifs is 2. The predicted octanol–water partition coefficient (Wildman–Crippen LogP) is 3.80. The van der Waals surface area contributed by atoms with E-state index in [9.17, 15) is 10.2 Å². The number of benzene rings is 2. The Balaban J connectivity index is 1.49. The van der Waals surface area contributed by atoms with Crippen molar-refractivity contribution >= 4 is 40.5 Å². The van der Waals surface area contributed by atoms with Gasteiger partial charge in [-0.1, -0.05) is 47.5 Å². The van der Waals surface area contributed by atoms with Crippen LogP contribution < -0.4 is 5.32 Å². The van der Waals surface area contributed by atoms with Crippen molar-refractivity contribution in [2.24, 2.45) is 0 Å². The third-order valence-corrected chi connectivity index (χ3v) is 6.37. The maximum atomic E-state index is 9.96. The number of halogens is 2. The SMILES string of the molecule is Oc1c(O)c(Cl)c2c(c1Cl)CCN(C(=S)NC1Cc3ccccc3C1)C2. The van der Waals surface area contributed by atoms with Gasteiger partial charge in [0, 0.05) is 19.1 Å². The van der Waals surface area contributed by atoms with Crippen LogP contribution in [-0.2, 0) is 25.8 Å². The van der Waals surface area contributed by atoms with Crippen LogP contribution in [0.2, 0.25) is 10.0 Å². The van der Waals surface area contributed by atoms with Crippen LogP contribution in [0.3, 0.4) is 0 Å². The van der Waals surface area contributed by atoms with Crippen molar-refractivity contribution in [1.82, 2.24) is 10.2 Å². The van der Waals surface area contributed by atoms with Crippen LogP contribution in [0.25, 0.3) is 0 Å². The number of nitrogens with zero attached hydrogens (tertiary/aromatic N) is 1. The van der Waals surface area contributed by atoms with Gasteiger partial charge in [0.05, 0.1) is 10.0 Å². The van der Waals surface area contributed by atoms with E-state index in [-0.39, 0.29) is 27.6 Å². The molecule has 0 saturated heterocycles. The smallest absolute Gasteiger partial charge is 0.178 e. The maximum Gasteiger partial charge on any atom is 0.178 e. The van der Waals surface area contributed by atoms with Gasteiger partial charge in [0.2, 0.25) is 0 Å². The van der Waals surface area contributed by atoms with Gasteiger partial charge < -0.3 is 20.4 Å². The van der Waals surface area contributed by atoms with Crippen molar-refractivity contribution in [3.05, 3.63) is 56.6 Å². The summed E-state index contributed by atoms with van der Waals surface area (Å²) < 4.78 is 0. The molecule has 0 amide bonds. The molecule has 3 N–H and O–H groups in total. The van der Waals surface area contributed by atoms with Crippen LogP contribution in [-0.4, -0.2) is 32.8 Å². The summed E-state index contributed by atoms with van der Waals surface area (Å²) in [4.78, 5) is 2.03. The van der Waals surface area contributed by atoms with Gasteiger partial charge in [-0.15, -0.1) is 0 Å². The van der Waals surface area contributed by atoms with Crippen LogP contribution in [0.1, 0.15) is 22.3 Å². The number of aromatic hydroxyl groups is 2. The van der Waals surface area contributed by atoms with Gasteiger partial charge >= 0.3 is 0 Å². The van der Waals surface area contributed by atoms with Gasteiger partial charge in [-0.25, -0.2) is 0 Å². The van der Waals surface area contributed by atoms with Crippen LogP contribution in [0, 0.1) is 0 Å². The molecule has 0 spiro atoms. The Hall–Kier alpha value is -1.69. The minimum Gasteiger partial charge on any atom is -0.503 e. The first-order valence-electron chi connectivity index (χ1n) is 8.48. The van der Waals surface area contributed by atoms with Crippen molar-refractivity contribution in [2.45, 2.75) is 31.8 Å². The summed E-state index contributed by atoms with van der Waals surface area (Å²) in [6.07, 6.45) is 2.53. The van der Waals surface area contributed by atoms with Crippen molar-refractivity contribution in [3.8, 4) is 11.5 Å². The molecule has 0 radical (unpaired) electrons. The van der Waals surface area contributed by atoms with Gasteiger partial charge in [0.1, 0.15) is 0 Å². The second-order valence-electron chi connectivity index (χ2n) is 6.78. The first-order valence-corrected chi connectivity index (χ1v) is 9.65. The lowest BCUT2D eigenvalue weighted by Gasteiger charge is -2.33. The Morgan fingerprint density at radius 2 is 1.62 bits per heavy atom. The molecule has 0 fully saturated rings. The second-order valence-corrected chi connectivity index (χ2v) is 7.92. The summed E-state index contributed by atoms with van der Waals surface area (Å²) >= 11 is 18.0. The van der Waals surface area contributed by atoms with Crippen LogP contribution >= 0.6 is 35.4 Å². The number of phenolic OH excluding ortho intramolecular Hbond substituents is 2. The van der Waals surface area contributed by atoms with Crippen molar-refractivity contribution < 1.29 is 10.2 Å². The molecule has 2 aromatic carbocycles. The largest absolute Gasteiger partial charge is 0.503 e. The fourth-order valence-electron chi connectivity index (χ4n) is 3.80. The molecule has 0 atom stereocenters. The average Bonchev–Trinajstić information content (AvgIpc) is 3.06. The number of phenols is 2. The Labute approximate surface area is 167 Å². The third kappa shape index (κ3) is 2.98. The number of hydrogen-bond donors (Lipinski definition) is 3. The monoisotopic (exact) mass is 408 g/mol. The lowest BCUT2D eigenvalue weighted by molar-refractivity contribution is 0.371. The van der Waals surface area contributed by atoms with Gasteiger partial charge in [-0.05, 0) is 53.7 Å². The normalized spacial score (nSPS) is 16.3. The molecule has 2 aliphatic rings. The quantitative estimate of drug-likeness (QED) is 0.494. The molecule has 2 aromatic rings. The van der Waals surface area contributed by atoms with Gasteiger partial charge in [0.25, 0.3) is 0 Å². The Bertz CT molecular complexity index is 879. The van der Waals surface area contributed by atoms with E-state index in [0.717, 1.165) is 24.0 Å². The molecule has 26 heavy (non-hydrogen) atoms. The number of nitrogens with one attached hydrogen (secondary N) is 1. The number of hydrogen-bond acceptors (Lipinski definition) is 3. The molecular formula is C19H18Cl2N2O2S. The summed E-state index contributed by atoms with van der Waals surface area (Å²) in [7, 11) is 0. The summed E-state index contributed by atoms with van der Waals surface area (Å²) in [5.74, 6) is -0.726. The zero-order valence-electron chi connectivity index (χ0n) is 13.9. The summed E-state index contributed by atoms with van der Waals surface area (Å²) in [6, 6.07) is 8.74.